The lowest BCUT2D eigenvalue weighted by Crippen LogP contribution is -2.31. The Hall–Kier alpha value is -0.160. The van der Waals surface area contributed by atoms with Crippen molar-refractivity contribution in [2.75, 3.05) is 0 Å². The lowest BCUT2D eigenvalue weighted by atomic mass is 10.2. The van der Waals surface area contributed by atoms with Crippen LogP contribution in [-0.4, -0.2) is 39.9 Å². The topological polar surface area (TPSA) is 69.9 Å². The van der Waals surface area contributed by atoms with Crippen molar-refractivity contribution in [3.8, 4) is 0 Å². The van der Waals surface area contributed by atoms with E-state index < -0.39 is 24.6 Å². The van der Waals surface area contributed by atoms with Gasteiger partial charge in [-0.3, -0.25) is 0 Å². The number of hydrogen-bond donors (Lipinski definition) is 3. The first-order chi connectivity index (χ1) is 4.13. The fourth-order valence-corrected chi connectivity index (χ4v) is 0.827. The van der Waals surface area contributed by atoms with Crippen LogP contribution in [0.1, 0.15) is 6.92 Å². The first-order valence-electron chi connectivity index (χ1n) is 2.82. The molecule has 0 aromatic heterocycles. The summed E-state index contributed by atoms with van der Waals surface area (Å²) in [5, 5.41) is 26.4. The molecule has 9 heavy (non-hydrogen) atoms. The van der Waals surface area contributed by atoms with Crippen LogP contribution in [0.3, 0.4) is 0 Å². The molecule has 0 spiro atoms. The van der Waals surface area contributed by atoms with Crippen LogP contribution in [0.25, 0.3) is 0 Å². The highest BCUT2D eigenvalue weighted by molar-refractivity contribution is 4.82. The Morgan fingerprint density at radius 1 is 1.11 bits per heavy atom. The average Bonchev–Trinajstić information content (AvgIpc) is 1.98. The Morgan fingerprint density at radius 2 is 1.67 bits per heavy atom. The molecule has 4 nitrogen and oxygen atoms in total. The molecule has 4 atom stereocenters. The van der Waals surface area contributed by atoms with Crippen LogP contribution in [0.15, 0.2) is 0 Å². The van der Waals surface area contributed by atoms with Crippen LogP contribution in [0.5, 0.6) is 0 Å². The lowest BCUT2D eigenvalue weighted by molar-refractivity contribution is -0.124. The number of aliphatic hydroxyl groups is 3. The Morgan fingerprint density at radius 3 is 1.78 bits per heavy atom. The fraction of sp³-hybridized carbons (Fsp3) is 1.00. The maximum absolute atomic E-state index is 8.90. The Balaban J connectivity index is 2.54. The molecule has 1 aliphatic heterocycles. The highest BCUT2D eigenvalue weighted by Gasteiger charge is 2.38. The van der Waals surface area contributed by atoms with E-state index in [0.717, 1.165) is 0 Å². The molecule has 1 rings (SSSR count). The maximum atomic E-state index is 8.90. The maximum Gasteiger partial charge on any atom is 0.183 e. The van der Waals surface area contributed by atoms with E-state index in [1.165, 1.54) is 0 Å². The number of ether oxygens (including phenoxy) is 1. The normalized spacial score (nSPS) is 52.0. The molecular weight excluding hydrogens is 124 g/mol. The van der Waals surface area contributed by atoms with Crippen molar-refractivity contribution < 1.29 is 20.1 Å². The van der Waals surface area contributed by atoms with Crippen LogP contribution in [0.4, 0.5) is 0 Å². The molecule has 1 unspecified atom stereocenters. The number of rotatable bonds is 0. The molecule has 0 amide bonds. The van der Waals surface area contributed by atoms with Gasteiger partial charge in [0.05, 0.1) is 6.10 Å². The number of hydrogen-bond acceptors (Lipinski definition) is 4. The molecule has 0 aliphatic carbocycles. The Labute approximate surface area is 52.7 Å². The van der Waals surface area contributed by atoms with E-state index in [9.17, 15) is 0 Å². The molecule has 0 saturated carbocycles. The summed E-state index contributed by atoms with van der Waals surface area (Å²) in [5.41, 5.74) is 0. The summed E-state index contributed by atoms with van der Waals surface area (Å²) < 4.78 is 4.64. The van der Waals surface area contributed by atoms with Crippen molar-refractivity contribution in [2.45, 2.75) is 31.5 Å². The van der Waals surface area contributed by atoms with E-state index in [2.05, 4.69) is 4.74 Å². The van der Waals surface area contributed by atoms with Gasteiger partial charge in [-0.05, 0) is 6.92 Å². The Bertz CT molecular complexity index is 93.1. The first-order valence-corrected chi connectivity index (χ1v) is 2.82. The zero-order valence-corrected chi connectivity index (χ0v) is 5.06. The van der Waals surface area contributed by atoms with Gasteiger partial charge >= 0.3 is 0 Å². The fourth-order valence-electron chi connectivity index (χ4n) is 0.827. The van der Waals surface area contributed by atoms with Gasteiger partial charge in [-0.1, -0.05) is 0 Å². The highest BCUT2D eigenvalue weighted by Crippen LogP contribution is 2.18. The summed E-state index contributed by atoms with van der Waals surface area (Å²) in [6.07, 6.45) is -3.81. The second-order valence-corrected chi connectivity index (χ2v) is 2.21. The van der Waals surface area contributed by atoms with Crippen LogP contribution < -0.4 is 0 Å². The van der Waals surface area contributed by atoms with Crippen LogP contribution >= 0.6 is 0 Å². The van der Waals surface area contributed by atoms with Crippen molar-refractivity contribution in [1.82, 2.24) is 0 Å². The predicted molar refractivity (Wildman–Crippen MR) is 28.6 cm³/mol. The van der Waals surface area contributed by atoms with Gasteiger partial charge in [0.2, 0.25) is 0 Å². The molecule has 1 heterocycles. The van der Waals surface area contributed by atoms with Crippen molar-refractivity contribution in [1.29, 1.82) is 0 Å². The molecule has 1 saturated heterocycles. The largest absolute Gasteiger partial charge is 0.388 e. The summed E-state index contributed by atoms with van der Waals surface area (Å²) in [5.74, 6) is 0. The highest BCUT2D eigenvalue weighted by atomic mass is 16.6. The van der Waals surface area contributed by atoms with Crippen molar-refractivity contribution in [3.63, 3.8) is 0 Å². The zero-order chi connectivity index (χ0) is 7.02. The summed E-state index contributed by atoms with van der Waals surface area (Å²) in [7, 11) is 0. The van der Waals surface area contributed by atoms with Gasteiger partial charge in [0.25, 0.3) is 0 Å². The SMILES string of the molecule is C[C@H]1O[C@@H](O)[C@@H](O)C1O. The van der Waals surface area contributed by atoms with Gasteiger partial charge in [-0.2, -0.15) is 0 Å². The molecule has 54 valence electrons. The standard InChI is InChI=1S/C5H10O4/c1-2-3(6)4(7)5(8)9-2/h2-8H,1H3/t2-,3?,4+,5-/m1/s1. The van der Waals surface area contributed by atoms with E-state index in [1.54, 1.807) is 6.92 Å². The van der Waals surface area contributed by atoms with Crippen molar-refractivity contribution in [3.05, 3.63) is 0 Å². The van der Waals surface area contributed by atoms with Crippen molar-refractivity contribution >= 4 is 0 Å². The zero-order valence-electron chi connectivity index (χ0n) is 5.06. The van der Waals surface area contributed by atoms with E-state index in [4.69, 9.17) is 15.3 Å². The first kappa shape index (κ1) is 6.95. The second kappa shape index (κ2) is 2.22. The van der Waals surface area contributed by atoms with Gasteiger partial charge in [0, 0.05) is 0 Å². The predicted octanol–water partition coefficient (Wildman–Crippen LogP) is -1.55. The van der Waals surface area contributed by atoms with Crippen LogP contribution in [0.2, 0.25) is 0 Å². The molecule has 1 fully saturated rings. The molecule has 4 heteroatoms. The van der Waals surface area contributed by atoms with Crippen molar-refractivity contribution in [2.24, 2.45) is 0 Å². The third kappa shape index (κ3) is 1.07. The molecular formula is C5H10O4. The molecule has 1 aliphatic rings. The number of aliphatic hydroxyl groups excluding tert-OH is 3. The van der Waals surface area contributed by atoms with Gasteiger partial charge in [0.1, 0.15) is 12.2 Å². The van der Waals surface area contributed by atoms with E-state index in [1.807, 2.05) is 0 Å². The molecule has 0 aromatic carbocycles. The minimum Gasteiger partial charge on any atom is -0.388 e. The van der Waals surface area contributed by atoms with E-state index in [0.29, 0.717) is 0 Å². The van der Waals surface area contributed by atoms with Gasteiger partial charge in [-0.15, -0.1) is 0 Å². The molecule has 0 radical (unpaired) electrons. The summed E-state index contributed by atoms with van der Waals surface area (Å²) >= 11 is 0. The second-order valence-electron chi connectivity index (χ2n) is 2.21. The quantitative estimate of drug-likeness (QED) is 0.375. The molecule has 3 N–H and O–H groups in total. The van der Waals surface area contributed by atoms with Gasteiger partial charge < -0.3 is 20.1 Å². The monoisotopic (exact) mass is 134 g/mol. The molecule has 0 bridgehead atoms. The van der Waals surface area contributed by atoms with Crippen LogP contribution in [0, 0.1) is 0 Å². The molecule has 0 aromatic rings. The Kier molecular flexibility index (Phi) is 1.72. The summed E-state index contributed by atoms with van der Waals surface area (Å²) in [6, 6.07) is 0. The van der Waals surface area contributed by atoms with E-state index in [-0.39, 0.29) is 0 Å². The summed E-state index contributed by atoms with van der Waals surface area (Å²) in [6.45, 7) is 1.59. The minimum atomic E-state index is -1.23. The third-order valence-corrected chi connectivity index (χ3v) is 1.48. The minimum absolute atomic E-state index is 0.477. The van der Waals surface area contributed by atoms with E-state index >= 15 is 0 Å². The van der Waals surface area contributed by atoms with Crippen LogP contribution in [-0.2, 0) is 4.74 Å². The summed E-state index contributed by atoms with van der Waals surface area (Å²) in [4.78, 5) is 0. The third-order valence-electron chi connectivity index (χ3n) is 1.48. The van der Waals surface area contributed by atoms with Gasteiger partial charge in [-0.25, -0.2) is 0 Å². The smallest absolute Gasteiger partial charge is 0.183 e. The lowest BCUT2D eigenvalue weighted by Gasteiger charge is -2.07. The average molecular weight is 134 g/mol. The van der Waals surface area contributed by atoms with Gasteiger partial charge in [0.15, 0.2) is 6.29 Å².